The molecule has 0 amide bonds. The Balaban J connectivity index is 1.91. The van der Waals surface area contributed by atoms with Crippen molar-refractivity contribution in [1.82, 2.24) is 0 Å². The second-order valence-electron chi connectivity index (χ2n) is 7.52. The van der Waals surface area contributed by atoms with Crippen LogP contribution in [0.1, 0.15) is 47.1 Å². The molecule has 2 heterocycles. The number of benzene rings is 1. The Labute approximate surface area is 121 Å². The molecule has 0 saturated carbocycles. The highest BCUT2D eigenvalue weighted by Crippen LogP contribution is 2.39. The Morgan fingerprint density at radius 3 is 2.15 bits per heavy atom. The van der Waals surface area contributed by atoms with Gasteiger partial charge < -0.3 is 14.0 Å². The lowest BCUT2D eigenvalue weighted by Gasteiger charge is -2.32. The minimum atomic E-state index is -0.322. The topological polar surface area (TPSA) is 27.7 Å². The molecule has 0 radical (unpaired) electrons. The van der Waals surface area contributed by atoms with Crippen LogP contribution >= 0.6 is 0 Å². The summed E-state index contributed by atoms with van der Waals surface area (Å²) in [6.07, 6.45) is 0. The number of ether oxygens (including phenoxy) is 1. The van der Waals surface area contributed by atoms with E-state index in [1.807, 2.05) is 0 Å². The van der Waals surface area contributed by atoms with Gasteiger partial charge in [0.1, 0.15) is 5.75 Å². The van der Waals surface area contributed by atoms with Gasteiger partial charge in [-0.1, -0.05) is 26.0 Å². The van der Waals surface area contributed by atoms with E-state index in [9.17, 15) is 0 Å². The van der Waals surface area contributed by atoms with Gasteiger partial charge in [-0.15, -0.1) is 0 Å². The highest BCUT2D eigenvalue weighted by Gasteiger charge is 2.52. The Hall–Kier alpha value is -0.995. The zero-order valence-electron chi connectivity index (χ0n) is 13.2. The van der Waals surface area contributed by atoms with Crippen LogP contribution in [0.5, 0.6) is 5.75 Å². The summed E-state index contributed by atoms with van der Waals surface area (Å²) in [4.78, 5) is 0. The smallest absolute Gasteiger partial charge is 0.492 e. The number of hydrogen-bond acceptors (Lipinski definition) is 3. The molecule has 0 atom stereocenters. The maximum absolute atomic E-state index is 6.08. The lowest BCUT2D eigenvalue weighted by atomic mass is 9.77. The van der Waals surface area contributed by atoms with Crippen molar-refractivity contribution >= 4 is 12.6 Å². The van der Waals surface area contributed by atoms with Gasteiger partial charge in [0.2, 0.25) is 0 Å². The van der Waals surface area contributed by atoms with Crippen LogP contribution in [0.4, 0.5) is 0 Å². The second kappa shape index (κ2) is 4.02. The van der Waals surface area contributed by atoms with E-state index in [2.05, 4.69) is 59.7 Å². The molecule has 1 aromatic carbocycles. The minimum Gasteiger partial charge on any atom is -0.492 e. The van der Waals surface area contributed by atoms with Crippen LogP contribution in [0.25, 0.3) is 0 Å². The third-order valence-corrected chi connectivity index (χ3v) is 4.85. The van der Waals surface area contributed by atoms with Crippen molar-refractivity contribution < 1.29 is 14.0 Å². The van der Waals surface area contributed by atoms with Crippen LogP contribution in [-0.2, 0) is 14.7 Å². The molecule has 2 aliphatic rings. The molecule has 0 spiro atoms. The highest BCUT2D eigenvalue weighted by atomic mass is 16.7. The summed E-state index contributed by atoms with van der Waals surface area (Å²) < 4.78 is 18.0. The van der Waals surface area contributed by atoms with Gasteiger partial charge in [0.05, 0.1) is 17.8 Å². The predicted octanol–water partition coefficient (Wildman–Crippen LogP) is 2.66. The zero-order valence-corrected chi connectivity index (χ0v) is 13.2. The van der Waals surface area contributed by atoms with Gasteiger partial charge in [-0.3, -0.25) is 0 Å². The van der Waals surface area contributed by atoms with Crippen LogP contribution in [0.15, 0.2) is 18.2 Å². The average Bonchev–Trinajstić information content (AvgIpc) is 2.74. The molecule has 4 heteroatoms. The molecular formula is C16H23BO3. The number of rotatable bonds is 1. The maximum Gasteiger partial charge on any atom is 0.494 e. The monoisotopic (exact) mass is 274 g/mol. The van der Waals surface area contributed by atoms with E-state index in [1.54, 1.807) is 0 Å². The van der Waals surface area contributed by atoms with Gasteiger partial charge in [0.25, 0.3) is 0 Å². The summed E-state index contributed by atoms with van der Waals surface area (Å²) in [5, 5.41) is 0. The molecule has 1 fully saturated rings. The lowest BCUT2D eigenvalue weighted by molar-refractivity contribution is 0.00578. The molecule has 3 nitrogen and oxygen atoms in total. The van der Waals surface area contributed by atoms with Crippen LogP contribution < -0.4 is 10.2 Å². The van der Waals surface area contributed by atoms with Gasteiger partial charge in [-0.25, -0.2) is 0 Å². The Bertz CT molecular complexity index is 533. The molecule has 0 aliphatic carbocycles. The molecule has 0 unspecified atom stereocenters. The molecule has 20 heavy (non-hydrogen) atoms. The van der Waals surface area contributed by atoms with Crippen molar-refractivity contribution in [3.8, 4) is 5.75 Å². The van der Waals surface area contributed by atoms with Crippen molar-refractivity contribution in [1.29, 1.82) is 0 Å². The fourth-order valence-corrected chi connectivity index (χ4v) is 2.68. The van der Waals surface area contributed by atoms with Crippen molar-refractivity contribution in [2.45, 2.75) is 58.2 Å². The Kier molecular flexibility index (Phi) is 2.80. The standard InChI is InChI=1S/C16H23BO3/c1-14(2)10-18-13-9-11(7-8-12(13)14)17-19-15(3,4)16(5,6)20-17/h7-9H,10H2,1-6H3. The Morgan fingerprint density at radius 2 is 1.55 bits per heavy atom. The van der Waals surface area contributed by atoms with Crippen LogP contribution in [0, 0.1) is 0 Å². The third kappa shape index (κ3) is 1.97. The van der Waals surface area contributed by atoms with Gasteiger partial charge >= 0.3 is 7.12 Å². The van der Waals surface area contributed by atoms with Crippen molar-refractivity contribution in [3.63, 3.8) is 0 Å². The highest BCUT2D eigenvalue weighted by molar-refractivity contribution is 6.62. The van der Waals surface area contributed by atoms with Gasteiger partial charge in [-0.05, 0) is 39.2 Å². The van der Waals surface area contributed by atoms with E-state index < -0.39 is 0 Å². The normalized spacial score (nSPS) is 25.4. The van der Waals surface area contributed by atoms with E-state index in [0.717, 1.165) is 17.8 Å². The van der Waals surface area contributed by atoms with E-state index in [1.165, 1.54) is 5.56 Å². The molecule has 0 bridgehead atoms. The summed E-state index contributed by atoms with van der Waals surface area (Å²) >= 11 is 0. The van der Waals surface area contributed by atoms with Crippen molar-refractivity contribution in [2.24, 2.45) is 0 Å². The molecule has 3 rings (SSSR count). The van der Waals surface area contributed by atoms with Crippen LogP contribution in [0.3, 0.4) is 0 Å². The quantitative estimate of drug-likeness (QED) is 0.737. The van der Waals surface area contributed by atoms with Crippen molar-refractivity contribution in [2.75, 3.05) is 6.61 Å². The first-order chi connectivity index (χ1) is 9.12. The molecule has 0 N–H and O–H groups in total. The maximum atomic E-state index is 6.08. The predicted molar refractivity (Wildman–Crippen MR) is 80.7 cm³/mol. The largest absolute Gasteiger partial charge is 0.494 e. The molecule has 108 valence electrons. The zero-order chi connectivity index (χ0) is 14.8. The summed E-state index contributed by atoms with van der Waals surface area (Å²) in [6, 6.07) is 6.30. The van der Waals surface area contributed by atoms with Crippen LogP contribution in [0.2, 0.25) is 0 Å². The van der Waals surface area contributed by atoms with Crippen LogP contribution in [-0.4, -0.2) is 24.9 Å². The lowest BCUT2D eigenvalue weighted by Crippen LogP contribution is -2.41. The molecule has 1 saturated heterocycles. The SMILES string of the molecule is CC1(C)COc2cc(B3OC(C)(C)C(C)(C)O3)ccc21. The average molecular weight is 274 g/mol. The first-order valence-corrected chi connectivity index (χ1v) is 7.25. The Morgan fingerprint density at radius 1 is 0.950 bits per heavy atom. The summed E-state index contributed by atoms with van der Waals surface area (Å²) in [5.74, 6) is 0.960. The molecule has 0 aromatic heterocycles. The number of fused-ring (bicyclic) bond motifs is 1. The first kappa shape index (κ1) is 14.0. The summed E-state index contributed by atoms with van der Waals surface area (Å²) in [7, 11) is -0.322. The fourth-order valence-electron chi connectivity index (χ4n) is 2.68. The first-order valence-electron chi connectivity index (χ1n) is 7.25. The molecule has 2 aliphatic heterocycles. The summed E-state index contributed by atoms with van der Waals surface area (Å²) in [5.41, 5.74) is 1.76. The van der Waals surface area contributed by atoms with E-state index >= 15 is 0 Å². The van der Waals surface area contributed by atoms with Crippen molar-refractivity contribution in [3.05, 3.63) is 23.8 Å². The van der Waals surface area contributed by atoms with E-state index in [4.69, 9.17) is 14.0 Å². The molecule has 1 aromatic rings. The third-order valence-electron chi connectivity index (χ3n) is 4.85. The van der Waals surface area contributed by atoms with Gasteiger partial charge in [0, 0.05) is 11.0 Å². The van der Waals surface area contributed by atoms with Gasteiger partial charge in [-0.2, -0.15) is 0 Å². The van der Waals surface area contributed by atoms with E-state index in [0.29, 0.717) is 0 Å². The van der Waals surface area contributed by atoms with E-state index in [-0.39, 0.29) is 23.7 Å². The number of hydrogen-bond donors (Lipinski definition) is 0. The summed E-state index contributed by atoms with van der Waals surface area (Å²) in [6.45, 7) is 13.4. The molecular weight excluding hydrogens is 251 g/mol. The second-order valence-corrected chi connectivity index (χ2v) is 7.52. The minimum absolute atomic E-state index is 0.0871. The fraction of sp³-hybridized carbons (Fsp3) is 0.625. The van der Waals surface area contributed by atoms with Gasteiger partial charge in [0.15, 0.2) is 0 Å².